The van der Waals surface area contributed by atoms with E-state index in [2.05, 4.69) is 29.5 Å². The van der Waals surface area contributed by atoms with Crippen molar-refractivity contribution in [2.45, 2.75) is 39.2 Å². The van der Waals surface area contributed by atoms with Crippen molar-refractivity contribution in [3.05, 3.63) is 4.88 Å². The molecule has 0 radical (unpaired) electrons. The quantitative estimate of drug-likeness (QED) is 0.795. The van der Waals surface area contributed by atoms with Crippen LogP contribution < -0.4 is 16.4 Å². The van der Waals surface area contributed by atoms with E-state index in [1.54, 1.807) is 7.05 Å². The molecule has 0 aromatic carbocycles. The van der Waals surface area contributed by atoms with Crippen molar-refractivity contribution in [3.8, 4) is 0 Å². The number of hydrogen-bond donors (Lipinski definition) is 3. The zero-order valence-electron chi connectivity index (χ0n) is 11.7. The maximum absolute atomic E-state index is 12.2. The molecule has 1 heterocycles. The minimum absolute atomic E-state index is 0.0945. The molecular weight excluding hydrogens is 260 g/mol. The minimum Gasteiger partial charge on any atom is -0.382 e. The molecule has 1 aliphatic rings. The van der Waals surface area contributed by atoms with Gasteiger partial charge in [-0.3, -0.25) is 4.79 Å². The van der Waals surface area contributed by atoms with Crippen molar-refractivity contribution in [3.63, 3.8) is 0 Å². The van der Waals surface area contributed by atoms with E-state index in [9.17, 15) is 4.79 Å². The van der Waals surface area contributed by atoms with E-state index in [4.69, 9.17) is 5.73 Å². The van der Waals surface area contributed by atoms with Gasteiger partial charge in [0.25, 0.3) is 5.91 Å². The minimum atomic E-state index is -0.0945. The molecule has 1 aliphatic carbocycles. The smallest absolute Gasteiger partial charge is 0.265 e. The van der Waals surface area contributed by atoms with Crippen molar-refractivity contribution in [2.75, 3.05) is 18.1 Å². The van der Waals surface area contributed by atoms with E-state index in [1.165, 1.54) is 24.2 Å². The summed E-state index contributed by atoms with van der Waals surface area (Å²) in [4.78, 5) is 16.8. The molecule has 106 valence electrons. The van der Waals surface area contributed by atoms with E-state index >= 15 is 0 Å². The van der Waals surface area contributed by atoms with Crippen LogP contribution in [0.1, 0.15) is 42.8 Å². The number of thiazole rings is 1. The highest BCUT2D eigenvalue weighted by molar-refractivity contribution is 7.18. The molecule has 1 aromatic heterocycles. The lowest BCUT2D eigenvalue weighted by Crippen LogP contribution is -2.42. The fraction of sp³-hybridized carbons (Fsp3) is 0.692. The zero-order chi connectivity index (χ0) is 14.0. The Balaban J connectivity index is 2.02. The van der Waals surface area contributed by atoms with E-state index < -0.39 is 0 Å². The SMILES string of the molecule is CNc1nc(N)c(C(=O)NC2CCC(C)CC2C)s1. The van der Waals surface area contributed by atoms with E-state index in [0.29, 0.717) is 21.7 Å². The van der Waals surface area contributed by atoms with Crippen LogP contribution in [0, 0.1) is 11.8 Å². The monoisotopic (exact) mass is 282 g/mol. The maximum atomic E-state index is 12.2. The lowest BCUT2D eigenvalue weighted by Gasteiger charge is -2.33. The fourth-order valence-corrected chi connectivity index (χ4v) is 3.46. The molecular formula is C13H22N4OS. The molecule has 1 saturated carbocycles. The van der Waals surface area contributed by atoms with Crippen LogP contribution in [0.3, 0.4) is 0 Å². The summed E-state index contributed by atoms with van der Waals surface area (Å²) in [6.45, 7) is 4.48. The number of carbonyl (C=O) groups excluding carboxylic acids is 1. The van der Waals surface area contributed by atoms with Gasteiger partial charge >= 0.3 is 0 Å². The van der Waals surface area contributed by atoms with Gasteiger partial charge in [0, 0.05) is 13.1 Å². The van der Waals surface area contributed by atoms with Crippen LogP contribution in [0.4, 0.5) is 10.9 Å². The molecule has 0 saturated heterocycles. The third-order valence-electron chi connectivity index (χ3n) is 3.82. The summed E-state index contributed by atoms with van der Waals surface area (Å²) in [5.41, 5.74) is 5.78. The molecule has 1 amide bonds. The average molecular weight is 282 g/mol. The van der Waals surface area contributed by atoms with Crippen molar-refractivity contribution in [1.82, 2.24) is 10.3 Å². The van der Waals surface area contributed by atoms with Gasteiger partial charge in [0.2, 0.25) is 0 Å². The number of nitrogens with zero attached hydrogens (tertiary/aromatic N) is 1. The predicted molar refractivity (Wildman–Crippen MR) is 79.5 cm³/mol. The van der Waals surface area contributed by atoms with Crippen LogP contribution in [0.2, 0.25) is 0 Å². The topological polar surface area (TPSA) is 80.0 Å². The van der Waals surface area contributed by atoms with E-state index in [1.807, 2.05) is 0 Å². The molecule has 3 unspecified atom stereocenters. The molecule has 2 rings (SSSR count). The summed E-state index contributed by atoms with van der Waals surface area (Å²) in [5, 5.41) is 6.69. The number of nitrogens with two attached hydrogens (primary N) is 1. The predicted octanol–water partition coefficient (Wildman–Crippen LogP) is 2.32. The second-order valence-electron chi connectivity index (χ2n) is 5.46. The van der Waals surface area contributed by atoms with Crippen LogP contribution in [-0.2, 0) is 0 Å². The second-order valence-corrected chi connectivity index (χ2v) is 6.46. The molecule has 0 spiro atoms. The summed E-state index contributed by atoms with van der Waals surface area (Å²) in [7, 11) is 1.77. The van der Waals surface area contributed by atoms with Crippen molar-refractivity contribution in [2.24, 2.45) is 11.8 Å². The average Bonchev–Trinajstić information content (AvgIpc) is 2.74. The van der Waals surface area contributed by atoms with Gasteiger partial charge in [-0.1, -0.05) is 25.2 Å². The van der Waals surface area contributed by atoms with Crippen LogP contribution >= 0.6 is 11.3 Å². The van der Waals surface area contributed by atoms with Gasteiger partial charge in [-0.15, -0.1) is 0 Å². The molecule has 0 aliphatic heterocycles. The van der Waals surface area contributed by atoms with Gasteiger partial charge < -0.3 is 16.4 Å². The Morgan fingerprint density at radius 2 is 2.16 bits per heavy atom. The molecule has 6 heteroatoms. The van der Waals surface area contributed by atoms with Crippen LogP contribution in [0.25, 0.3) is 0 Å². The summed E-state index contributed by atoms with van der Waals surface area (Å²) in [6, 6.07) is 0.253. The molecule has 3 atom stereocenters. The lowest BCUT2D eigenvalue weighted by atomic mass is 9.80. The first-order valence-electron chi connectivity index (χ1n) is 6.76. The Morgan fingerprint density at radius 1 is 1.42 bits per heavy atom. The third-order valence-corrected chi connectivity index (χ3v) is 4.91. The number of nitrogen functional groups attached to an aromatic ring is 1. The van der Waals surface area contributed by atoms with Gasteiger partial charge in [0.1, 0.15) is 10.7 Å². The van der Waals surface area contributed by atoms with Crippen molar-refractivity contribution in [1.29, 1.82) is 0 Å². The first kappa shape index (κ1) is 14.1. The van der Waals surface area contributed by atoms with Gasteiger partial charge in [-0.2, -0.15) is 0 Å². The Kier molecular flexibility index (Phi) is 4.29. The third kappa shape index (κ3) is 3.18. The van der Waals surface area contributed by atoms with Crippen LogP contribution in [0.15, 0.2) is 0 Å². The molecule has 5 nitrogen and oxygen atoms in total. The number of nitrogens with one attached hydrogen (secondary N) is 2. The van der Waals surface area contributed by atoms with Gasteiger partial charge in [0.15, 0.2) is 5.13 Å². The summed E-state index contributed by atoms with van der Waals surface area (Å²) in [5.74, 6) is 1.49. The fourth-order valence-electron chi connectivity index (χ4n) is 2.72. The van der Waals surface area contributed by atoms with Gasteiger partial charge in [0.05, 0.1) is 0 Å². The highest BCUT2D eigenvalue weighted by Gasteiger charge is 2.28. The Morgan fingerprint density at radius 3 is 2.74 bits per heavy atom. The van der Waals surface area contributed by atoms with Crippen LogP contribution in [-0.4, -0.2) is 24.0 Å². The number of rotatable bonds is 3. The normalized spacial score (nSPS) is 27.0. The Labute approximate surface area is 118 Å². The van der Waals surface area contributed by atoms with Crippen LogP contribution in [0.5, 0.6) is 0 Å². The number of aromatic nitrogens is 1. The molecule has 1 fully saturated rings. The number of anilines is 2. The van der Waals surface area contributed by atoms with Gasteiger partial charge in [-0.25, -0.2) is 4.98 Å². The first-order chi connectivity index (χ1) is 9.01. The second kappa shape index (κ2) is 5.77. The Bertz CT molecular complexity index is 459. The van der Waals surface area contributed by atoms with Crippen molar-refractivity contribution < 1.29 is 4.79 Å². The van der Waals surface area contributed by atoms with Crippen molar-refractivity contribution >= 4 is 28.2 Å². The molecule has 4 N–H and O–H groups in total. The lowest BCUT2D eigenvalue weighted by molar-refractivity contribution is 0.0904. The highest BCUT2D eigenvalue weighted by atomic mass is 32.1. The summed E-state index contributed by atoms with van der Waals surface area (Å²) < 4.78 is 0. The Hall–Kier alpha value is -1.30. The van der Waals surface area contributed by atoms with E-state index in [-0.39, 0.29) is 11.9 Å². The molecule has 0 bridgehead atoms. The highest BCUT2D eigenvalue weighted by Crippen LogP contribution is 2.30. The largest absolute Gasteiger partial charge is 0.382 e. The first-order valence-corrected chi connectivity index (χ1v) is 7.57. The maximum Gasteiger partial charge on any atom is 0.265 e. The number of amides is 1. The zero-order valence-corrected chi connectivity index (χ0v) is 12.5. The van der Waals surface area contributed by atoms with Gasteiger partial charge in [-0.05, 0) is 31.1 Å². The standard InChI is InChI=1S/C13H22N4OS/c1-7-4-5-9(8(2)6-7)16-12(18)10-11(14)17-13(15-3)19-10/h7-9H,4-6,14H2,1-3H3,(H,15,17)(H,16,18). The summed E-state index contributed by atoms with van der Waals surface area (Å²) >= 11 is 1.30. The number of hydrogen-bond acceptors (Lipinski definition) is 5. The summed E-state index contributed by atoms with van der Waals surface area (Å²) in [6.07, 6.45) is 3.39. The molecule has 19 heavy (non-hydrogen) atoms. The van der Waals surface area contributed by atoms with E-state index in [0.717, 1.165) is 12.3 Å². The number of carbonyl (C=O) groups is 1. The molecule has 1 aromatic rings.